The number of hydrogen-bond donors (Lipinski definition) is 2. The lowest BCUT2D eigenvalue weighted by Gasteiger charge is -2.22. The Morgan fingerprint density at radius 3 is 2.43 bits per heavy atom. The number of aliphatic hydroxyl groups excluding tert-OH is 1. The maximum absolute atomic E-state index is 9.05. The van der Waals surface area contributed by atoms with Gasteiger partial charge in [-0.1, -0.05) is 29.8 Å². The highest BCUT2D eigenvalue weighted by Gasteiger charge is 2.03. The van der Waals surface area contributed by atoms with Crippen LogP contribution in [0.5, 0.6) is 0 Å². The van der Waals surface area contributed by atoms with Crippen molar-refractivity contribution in [3.8, 4) is 0 Å². The van der Waals surface area contributed by atoms with Crippen LogP contribution in [0.25, 0.3) is 0 Å². The first-order chi connectivity index (χ1) is 10.2. The number of anilines is 2. The number of nitrogens with zero attached hydrogens (tertiary/aromatic N) is 1. The Kier molecular flexibility index (Phi) is 5.90. The predicted octanol–water partition coefficient (Wildman–Crippen LogP) is 3.77. The second-order valence-corrected chi connectivity index (χ2v) is 5.20. The zero-order valence-electron chi connectivity index (χ0n) is 12.2. The summed E-state index contributed by atoms with van der Waals surface area (Å²) < 4.78 is 0. The fourth-order valence-electron chi connectivity index (χ4n) is 2.22. The monoisotopic (exact) mass is 304 g/mol. The number of nitrogens with one attached hydrogen (secondary N) is 1. The van der Waals surface area contributed by atoms with Crippen LogP contribution < -0.4 is 10.2 Å². The first kappa shape index (κ1) is 15.7. The van der Waals surface area contributed by atoms with Gasteiger partial charge in [0, 0.05) is 36.0 Å². The summed E-state index contributed by atoms with van der Waals surface area (Å²) in [5, 5.41) is 13.2. The highest BCUT2D eigenvalue weighted by molar-refractivity contribution is 6.31. The molecular weight excluding hydrogens is 284 g/mol. The Bertz CT molecular complexity index is 557. The van der Waals surface area contributed by atoms with Crippen molar-refractivity contribution in [2.24, 2.45) is 0 Å². The van der Waals surface area contributed by atoms with E-state index in [9.17, 15) is 0 Å². The third-order valence-corrected chi connectivity index (χ3v) is 3.79. The Morgan fingerprint density at radius 1 is 1.10 bits per heavy atom. The minimum atomic E-state index is 0.167. The van der Waals surface area contributed by atoms with Gasteiger partial charge in [-0.25, -0.2) is 0 Å². The van der Waals surface area contributed by atoms with E-state index in [-0.39, 0.29) is 6.61 Å². The Balaban J connectivity index is 1.98. The minimum Gasteiger partial charge on any atom is -0.395 e. The summed E-state index contributed by atoms with van der Waals surface area (Å²) in [6.45, 7) is 4.49. The zero-order chi connectivity index (χ0) is 15.1. The molecule has 0 amide bonds. The van der Waals surface area contributed by atoms with Crippen LogP contribution in [0.3, 0.4) is 0 Å². The van der Waals surface area contributed by atoms with E-state index in [1.807, 2.05) is 36.4 Å². The number of likely N-dealkylation sites (N-methyl/N-ethyl adjacent to an activating group) is 1. The van der Waals surface area contributed by atoms with Gasteiger partial charge in [-0.15, -0.1) is 0 Å². The van der Waals surface area contributed by atoms with Crippen molar-refractivity contribution in [3.63, 3.8) is 0 Å². The first-order valence-electron chi connectivity index (χ1n) is 7.17. The second-order valence-electron chi connectivity index (χ2n) is 4.80. The van der Waals surface area contributed by atoms with Crippen molar-refractivity contribution in [1.82, 2.24) is 0 Å². The molecule has 4 heteroatoms. The molecule has 0 saturated carbocycles. The smallest absolute Gasteiger partial charge is 0.0606 e. The van der Waals surface area contributed by atoms with Gasteiger partial charge >= 0.3 is 0 Å². The summed E-state index contributed by atoms with van der Waals surface area (Å²) in [6, 6.07) is 16.1. The van der Waals surface area contributed by atoms with Crippen molar-refractivity contribution in [2.75, 3.05) is 29.9 Å². The van der Waals surface area contributed by atoms with Crippen LogP contribution in [0.15, 0.2) is 48.5 Å². The molecule has 112 valence electrons. The van der Waals surface area contributed by atoms with Crippen LogP contribution in [0.2, 0.25) is 5.02 Å². The SMILES string of the molecule is CCN(CCO)c1ccc(NCc2ccccc2Cl)cc1. The molecule has 2 aromatic rings. The fourth-order valence-corrected chi connectivity index (χ4v) is 2.42. The molecule has 2 rings (SSSR count). The number of rotatable bonds is 7. The van der Waals surface area contributed by atoms with Crippen molar-refractivity contribution in [2.45, 2.75) is 13.5 Å². The lowest BCUT2D eigenvalue weighted by Crippen LogP contribution is -2.25. The minimum absolute atomic E-state index is 0.167. The zero-order valence-corrected chi connectivity index (χ0v) is 13.0. The third kappa shape index (κ3) is 4.38. The molecule has 0 radical (unpaired) electrons. The summed E-state index contributed by atoms with van der Waals surface area (Å²) in [4.78, 5) is 2.14. The van der Waals surface area contributed by atoms with Crippen LogP contribution in [-0.2, 0) is 6.54 Å². The Labute approximate surface area is 131 Å². The molecule has 0 spiro atoms. The Morgan fingerprint density at radius 2 is 1.81 bits per heavy atom. The largest absolute Gasteiger partial charge is 0.395 e. The maximum atomic E-state index is 9.05. The molecular formula is C17H21ClN2O. The van der Waals surface area contributed by atoms with Crippen molar-refractivity contribution in [1.29, 1.82) is 0 Å². The van der Waals surface area contributed by atoms with Crippen LogP contribution in [0.1, 0.15) is 12.5 Å². The normalized spacial score (nSPS) is 10.4. The first-order valence-corrected chi connectivity index (χ1v) is 7.55. The van der Waals surface area contributed by atoms with Crippen LogP contribution in [0.4, 0.5) is 11.4 Å². The van der Waals surface area contributed by atoms with E-state index in [4.69, 9.17) is 16.7 Å². The van der Waals surface area contributed by atoms with Gasteiger partial charge in [0.15, 0.2) is 0 Å². The molecule has 0 aliphatic rings. The molecule has 0 bridgehead atoms. The summed E-state index contributed by atoms with van der Waals surface area (Å²) in [7, 11) is 0. The van der Waals surface area contributed by atoms with E-state index >= 15 is 0 Å². The Hall–Kier alpha value is -1.71. The molecule has 0 aliphatic heterocycles. The number of hydrogen-bond acceptors (Lipinski definition) is 3. The van der Waals surface area contributed by atoms with Crippen molar-refractivity contribution in [3.05, 3.63) is 59.1 Å². The van der Waals surface area contributed by atoms with Gasteiger partial charge in [0.1, 0.15) is 0 Å². The predicted molar refractivity (Wildman–Crippen MR) is 90.2 cm³/mol. The van der Waals surface area contributed by atoms with Gasteiger partial charge in [0.25, 0.3) is 0 Å². The summed E-state index contributed by atoms with van der Waals surface area (Å²) in [5.74, 6) is 0. The van der Waals surface area contributed by atoms with Crippen LogP contribution in [0, 0.1) is 0 Å². The highest BCUT2D eigenvalue weighted by atomic mass is 35.5. The molecule has 21 heavy (non-hydrogen) atoms. The van der Waals surface area contributed by atoms with Crippen LogP contribution >= 0.6 is 11.6 Å². The molecule has 0 heterocycles. The van der Waals surface area contributed by atoms with Crippen molar-refractivity contribution < 1.29 is 5.11 Å². The standard InChI is InChI=1S/C17H21ClN2O/c1-2-20(11-12-21)16-9-7-15(8-10-16)19-13-14-5-3-4-6-17(14)18/h3-10,19,21H,2,11-13H2,1H3. The third-order valence-electron chi connectivity index (χ3n) is 3.42. The molecule has 2 N–H and O–H groups in total. The average Bonchev–Trinajstić information content (AvgIpc) is 2.52. The van der Waals surface area contributed by atoms with Crippen LogP contribution in [-0.4, -0.2) is 24.8 Å². The quantitative estimate of drug-likeness (QED) is 0.817. The van der Waals surface area contributed by atoms with E-state index in [0.717, 1.165) is 28.5 Å². The molecule has 0 fully saturated rings. The number of halogens is 1. The molecule has 0 aliphatic carbocycles. The van der Waals surface area contributed by atoms with Gasteiger partial charge in [0.2, 0.25) is 0 Å². The second kappa shape index (κ2) is 7.91. The summed E-state index contributed by atoms with van der Waals surface area (Å²) in [5.41, 5.74) is 3.26. The van der Waals surface area contributed by atoms with Gasteiger partial charge in [-0.3, -0.25) is 0 Å². The molecule has 0 aromatic heterocycles. The van der Waals surface area contributed by atoms with E-state index in [1.54, 1.807) is 0 Å². The van der Waals surface area contributed by atoms with Gasteiger partial charge in [0.05, 0.1) is 6.61 Å². The molecule has 0 saturated heterocycles. The van der Waals surface area contributed by atoms with E-state index in [1.165, 1.54) is 0 Å². The lowest BCUT2D eigenvalue weighted by molar-refractivity contribution is 0.302. The van der Waals surface area contributed by atoms with E-state index in [0.29, 0.717) is 13.1 Å². The topological polar surface area (TPSA) is 35.5 Å². The van der Waals surface area contributed by atoms with Gasteiger partial charge in [-0.2, -0.15) is 0 Å². The molecule has 3 nitrogen and oxygen atoms in total. The summed E-state index contributed by atoms with van der Waals surface area (Å²) >= 11 is 6.14. The molecule has 2 aromatic carbocycles. The maximum Gasteiger partial charge on any atom is 0.0606 e. The molecule has 0 atom stereocenters. The summed E-state index contributed by atoms with van der Waals surface area (Å²) in [6.07, 6.45) is 0. The van der Waals surface area contributed by atoms with E-state index < -0.39 is 0 Å². The van der Waals surface area contributed by atoms with Gasteiger partial charge in [-0.05, 0) is 42.8 Å². The number of benzene rings is 2. The fraction of sp³-hybridized carbons (Fsp3) is 0.294. The highest BCUT2D eigenvalue weighted by Crippen LogP contribution is 2.20. The van der Waals surface area contributed by atoms with Gasteiger partial charge < -0.3 is 15.3 Å². The lowest BCUT2D eigenvalue weighted by atomic mass is 10.2. The van der Waals surface area contributed by atoms with E-state index in [2.05, 4.69) is 29.3 Å². The molecule has 0 unspecified atom stereocenters. The average molecular weight is 305 g/mol. The van der Waals surface area contributed by atoms with Crippen molar-refractivity contribution >= 4 is 23.0 Å². The number of aliphatic hydroxyl groups is 1.